The third-order valence-electron chi connectivity index (χ3n) is 5.75. The van der Waals surface area contributed by atoms with Crippen molar-refractivity contribution in [3.63, 3.8) is 0 Å². The number of nitrogens with zero attached hydrogens (tertiary/aromatic N) is 5. The Morgan fingerprint density at radius 2 is 1.91 bits per heavy atom. The van der Waals surface area contributed by atoms with Gasteiger partial charge in [0, 0.05) is 26.3 Å². The quantitative estimate of drug-likeness (QED) is 0.338. The molecule has 33 heavy (non-hydrogen) atoms. The van der Waals surface area contributed by atoms with E-state index in [1.165, 1.54) is 17.9 Å². The van der Waals surface area contributed by atoms with Crippen LogP contribution in [0.15, 0.2) is 61.7 Å². The Hall–Kier alpha value is -3.66. The maximum absolute atomic E-state index is 13.2. The summed E-state index contributed by atoms with van der Waals surface area (Å²) in [6, 6.07) is 11.3. The van der Waals surface area contributed by atoms with Crippen molar-refractivity contribution in [3.05, 3.63) is 69.1 Å². The number of carbonyl (C=O) groups excluding carboxylic acids is 1. The molecule has 0 spiro atoms. The highest BCUT2D eigenvalue weighted by atomic mass is 32.2. The standard InChI is InChI=1S/C23H21N5O4S/c1-26-20-18(22(30)27(2)23(26)31)21(25-19(24-20)16-10-6-12-32-16)33-13-17(29)28-11-5-8-14-7-3-4-9-15(14)28/h3-4,6-7,9-10,12H,5,8,11,13H2,1-2H3. The minimum Gasteiger partial charge on any atom is -0.461 e. The minimum absolute atomic E-state index is 0.0693. The van der Waals surface area contributed by atoms with Gasteiger partial charge in [0.2, 0.25) is 5.91 Å². The van der Waals surface area contributed by atoms with Crippen LogP contribution in [0.2, 0.25) is 0 Å². The molecule has 9 nitrogen and oxygen atoms in total. The van der Waals surface area contributed by atoms with Crippen molar-refractivity contribution in [2.45, 2.75) is 17.9 Å². The summed E-state index contributed by atoms with van der Waals surface area (Å²) in [5.74, 6) is 0.668. The van der Waals surface area contributed by atoms with Crippen molar-refractivity contribution in [1.29, 1.82) is 0 Å². The molecule has 0 bridgehead atoms. The molecule has 0 saturated heterocycles. The summed E-state index contributed by atoms with van der Waals surface area (Å²) in [5.41, 5.74) is 1.28. The molecule has 4 heterocycles. The molecule has 168 valence electrons. The Labute approximate surface area is 192 Å². The molecule has 0 atom stereocenters. The Morgan fingerprint density at radius 1 is 1.09 bits per heavy atom. The second-order valence-electron chi connectivity index (χ2n) is 7.80. The molecule has 4 aromatic rings. The van der Waals surface area contributed by atoms with Crippen LogP contribution in [-0.4, -0.2) is 37.3 Å². The molecule has 3 aromatic heterocycles. The number of thioether (sulfide) groups is 1. The molecule has 0 radical (unpaired) electrons. The topological polar surface area (TPSA) is 103 Å². The first-order valence-corrected chi connectivity index (χ1v) is 11.5. The monoisotopic (exact) mass is 463 g/mol. The molecule has 0 aliphatic carbocycles. The number of carbonyl (C=O) groups is 1. The van der Waals surface area contributed by atoms with E-state index in [1.54, 1.807) is 24.1 Å². The zero-order valence-corrected chi connectivity index (χ0v) is 19.0. The van der Waals surface area contributed by atoms with E-state index in [9.17, 15) is 14.4 Å². The van der Waals surface area contributed by atoms with Crippen LogP contribution in [0, 0.1) is 0 Å². The van der Waals surface area contributed by atoms with Gasteiger partial charge in [-0.25, -0.2) is 14.8 Å². The van der Waals surface area contributed by atoms with E-state index in [0.29, 0.717) is 17.3 Å². The summed E-state index contributed by atoms with van der Waals surface area (Å²) in [5, 5.41) is 0.535. The van der Waals surface area contributed by atoms with E-state index in [1.807, 2.05) is 24.3 Å². The van der Waals surface area contributed by atoms with E-state index in [4.69, 9.17) is 4.42 Å². The average Bonchev–Trinajstić information content (AvgIpc) is 3.39. The largest absolute Gasteiger partial charge is 0.461 e. The smallest absolute Gasteiger partial charge is 0.332 e. The first-order chi connectivity index (χ1) is 16.0. The summed E-state index contributed by atoms with van der Waals surface area (Å²) < 4.78 is 7.75. The number of furan rings is 1. The van der Waals surface area contributed by atoms with Crippen molar-refractivity contribution in [2.75, 3.05) is 17.2 Å². The van der Waals surface area contributed by atoms with Crippen LogP contribution >= 0.6 is 11.8 Å². The Balaban J connectivity index is 1.56. The lowest BCUT2D eigenvalue weighted by Gasteiger charge is -2.29. The number of hydrogen-bond acceptors (Lipinski definition) is 7. The number of amides is 1. The van der Waals surface area contributed by atoms with Crippen molar-refractivity contribution in [3.8, 4) is 11.6 Å². The normalized spacial score (nSPS) is 13.3. The summed E-state index contributed by atoms with van der Waals surface area (Å²) in [7, 11) is 2.96. The number of para-hydroxylation sites is 1. The Morgan fingerprint density at radius 3 is 2.70 bits per heavy atom. The highest BCUT2D eigenvalue weighted by molar-refractivity contribution is 8.00. The van der Waals surface area contributed by atoms with Gasteiger partial charge in [-0.15, -0.1) is 0 Å². The van der Waals surface area contributed by atoms with Gasteiger partial charge < -0.3 is 9.32 Å². The number of fused-ring (bicyclic) bond motifs is 2. The fraction of sp³-hybridized carbons (Fsp3) is 0.261. The van der Waals surface area contributed by atoms with Crippen LogP contribution in [-0.2, 0) is 25.3 Å². The van der Waals surface area contributed by atoms with Gasteiger partial charge in [-0.3, -0.25) is 18.7 Å². The number of aryl methyl sites for hydroxylation is 2. The minimum atomic E-state index is -0.502. The second-order valence-corrected chi connectivity index (χ2v) is 8.76. The lowest BCUT2D eigenvalue weighted by atomic mass is 10.0. The number of benzene rings is 1. The summed E-state index contributed by atoms with van der Waals surface area (Å²) >= 11 is 1.16. The first kappa shape index (κ1) is 21.2. The van der Waals surface area contributed by atoms with E-state index in [0.717, 1.165) is 40.4 Å². The molecule has 0 saturated carbocycles. The lowest BCUT2D eigenvalue weighted by Crippen LogP contribution is -2.38. The van der Waals surface area contributed by atoms with Crippen LogP contribution in [0.3, 0.4) is 0 Å². The zero-order chi connectivity index (χ0) is 23.1. The van der Waals surface area contributed by atoms with Crippen LogP contribution < -0.4 is 16.1 Å². The Kier molecular flexibility index (Phi) is 5.37. The molecule has 0 fully saturated rings. The van der Waals surface area contributed by atoms with E-state index < -0.39 is 11.2 Å². The number of hydrogen-bond donors (Lipinski definition) is 0. The van der Waals surface area contributed by atoms with E-state index in [-0.39, 0.29) is 28.5 Å². The van der Waals surface area contributed by atoms with Crippen molar-refractivity contribution < 1.29 is 9.21 Å². The molecule has 0 unspecified atom stereocenters. The molecule has 0 N–H and O–H groups in total. The fourth-order valence-electron chi connectivity index (χ4n) is 4.05. The van der Waals surface area contributed by atoms with Crippen molar-refractivity contribution in [1.82, 2.24) is 19.1 Å². The van der Waals surface area contributed by atoms with Crippen LogP contribution in [0.5, 0.6) is 0 Å². The van der Waals surface area contributed by atoms with Gasteiger partial charge in [0.25, 0.3) is 5.56 Å². The molecular weight excluding hydrogens is 442 g/mol. The van der Waals surface area contributed by atoms with E-state index in [2.05, 4.69) is 9.97 Å². The molecular formula is C23H21N5O4S. The number of anilines is 1. The highest BCUT2D eigenvalue weighted by Gasteiger charge is 2.24. The van der Waals surface area contributed by atoms with E-state index >= 15 is 0 Å². The maximum Gasteiger partial charge on any atom is 0.332 e. The molecule has 1 aromatic carbocycles. The van der Waals surface area contributed by atoms with Crippen LogP contribution in [0.4, 0.5) is 5.69 Å². The fourth-order valence-corrected chi connectivity index (χ4v) is 4.94. The Bertz CT molecular complexity index is 1490. The first-order valence-electron chi connectivity index (χ1n) is 10.5. The van der Waals surface area contributed by atoms with Gasteiger partial charge in [0.15, 0.2) is 17.2 Å². The van der Waals surface area contributed by atoms with Crippen molar-refractivity contribution >= 4 is 34.4 Å². The van der Waals surface area contributed by atoms with Gasteiger partial charge in [-0.05, 0) is 36.6 Å². The summed E-state index contributed by atoms with van der Waals surface area (Å²) in [6.45, 7) is 0.648. The molecule has 5 rings (SSSR count). The summed E-state index contributed by atoms with van der Waals surface area (Å²) in [4.78, 5) is 49.4. The maximum atomic E-state index is 13.2. The summed E-state index contributed by atoms with van der Waals surface area (Å²) in [6.07, 6.45) is 3.34. The van der Waals surface area contributed by atoms with Gasteiger partial charge in [0.1, 0.15) is 10.4 Å². The van der Waals surface area contributed by atoms with Gasteiger partial charge >= 0.3 is 5.69 Å². The second kappa shape index (κ2) is 8.36. The van der Waals surface area contributed by atoms with Crippen molar-refractivity contribution in [2.24, 2.45) is 14.1 Å². The molecule has 1 aliphatic heterocycles. The SMILES string of the molecule is Cn1c(=O)c2c(SCC(=O)N3CCCc4ccccc43)nc(-c3ccco3)nc2n(C)c1=O. The van der Waals surface area contributed by atoms with Crippen LogP contribution in [0.1, 0.15) is 12.0 Å². The predicted molar refractivity (Wildman–Crippen MR) is 126 cm³/mol. The molecule has 10 heteroatoms. The van der Waals surface area contributed by atoms with Gasteiger partial charge in [-0.2, -0.15) is 0 Å². The third-order valence-corrected chi connectivity index (χ3v) is 6.71. The zero-order valence-electron chi connectivity index (χ0n) is 18.1. The molecule has 1 amide bonds. The third kappa shape index (κ3) is 3.66. The number of rotatable bonds is 4. The van der Waals surface area contributed by atoms with Crippen LogP contribution in [0.25, 0.3) is 22.6 Å². The van der Waals surface area contributed by atoms with Gasteiger partial charge in [-0.1, -0.05) is 30.0 Å². The van der Waals surface area contributed by atoms with Gasteiger partial charge in [0.05, 0.1) is 12.0 Å². The molecule has 1 aliphatic rings. The lowest BCUT2D eigenvalue weighted by molar-refractivity contribution is -0.116. The average molecular weight is 464 g/mol. The highest BCUT2D eigenvalue weighted by Crippen LogP contribution is 2.30. The predicted octanol–water partition coefficient (Wildman–Crippen LogP) is 2.36. The number of aromatic nitrogens is 4.